The first kappa shape index (κ1) is 14.8. The summed E-state index contributed by atoms with van der Waals surface area (Å²) in [6.07, 6.45) is 3.87. The highest BCUT2D eigenvalue weighted by molar-refractivity contribution is 5.80. The molecule has 110 valence electrons. The van der Waals surface area contributed by atoms with Crippen molar-refractivity contribution in [2.45, 2.75) is 44.2 Å². The zero-order chi connectivity index (χ0) is 13.9. The fourth-order valence-electron chi connectivity index (χ4n) is 3.09. The highest BCUT2D eigenvalue weighted by atomic mass is 16.5. The van der Waals surface area contributed by atoms with Crippen LogP contribution in [0.2, 0.25) is 0 Å². The smallest absolute Gasteiger partial charge is 0.227 e. The Bertz CT molecular complexity index is 314. The Morgan fingerprint density at radius 1 is 1.37 bits per heavy atom. The number of likely N-dealkylation sites (N-methyl/N-ethyl adjacent to an activating group) is 1. The van der Waals surface area contributed by atoms with Crippen LogP contribution >= 0.6 is 0 Å². The number of aliphatic hydroxyl groups is 1. The van der Waals surface area contributed by atoms with Gasteiger partial charge in [0.2, 0.25) is 5.91 Å². The van der Waals surface area contributed by atoms with Gasteiger partial charge in [0.25, 0.3) is 0 Å². The van der Waals surface area contributed by atoms with Gasteiger partial charge in [0.1, 0.15) is 0 Å². The molecule has 2 rings (SSSR count). The lowest BCUT2D eigenvalue weighted by atomic mass is 9.77. The third kappa shape index (κ3) is 3.27. The average molecular weight is 270 g/mol. The Kier molecular flexibility index (Phi) is 4.81. The first-order valence-corrected chi connectivity index (χ1v) is 7.28. The van der Waals surface area contributed by atoms with E-state index in [1.54, 1.807) is 0 Å². The van der Waals surface area contributed by atoms with Crippen molar-refractivity contribution in [3.05, 3.63) is 0 Å². The molecule has 19 heavy (non-hydrogen) atoms. The average Bonchev–Trinajstić information content (AvgIpc) is 2.90. The quantitative estimate of drug-likeness (QED) is 0.686. The van der Waals surface area contributed by atoms with E-state index in [-0.39, 0.29) is 24.5 Å². The molecular formula is C14H26N2O3. The van der Waals surface area contributed by atoms with E-state index >= 15 is 0 Å². The molecule has 1 amide bonds. The minimum atomic E-state index is -0.412. The molecular weight excluding hydrogens is 244 g/mol. The van der Waals surface area contributed by atoms with Crippen LogP contribution in [0.4, 0.5) is 0 Å². The molecule has 2 fully saturated rings. The second-order valence-electron chi connectivity index (χ2n) is 6.15. The van der Waals surface area contributed by atoms with Crippen LogP contribution in [0, 0.1) is 11.8 Å². The summed E-state index contributed by atoms with van der Waals surface area (Å²) in [6.45, 7) is 3.31. The third-order valence-electron chi connectivity index (χ3n) is 4.71. The topological polar surface area (TPSA) is 70.6 Å². The van der Waals surface area contributed by atoms with Gasteiger partial charge in [-0.1, -0.05) is 6.92 Å². The first-order valence-electron chi connectivity index (χ1n) is 7.28. The summed E-state index contributed by atoms with van der Waals surface area (Å²) in [6, 6.07) is 0.0817. The molecule has 0 spiro atoms. The molecule has 1 saturated heterocycles. The van der Waals surface area contributed by atoms with Crippen molar-refractivity contribution >= 4 is 5.91 Å². The first-order chi connectivity index (χ1) is 9.10. The molecule has 0 bridgehead atoms. The van der Waals surface area contributed by atoms with Gasteiger partial charge in [-0.3, -0.25) is 4.79 Å². The van der Waals surface area contributed by atoms with Crippen molar-refractivity contribution in [3.63, 3.8) is 0 Å². The molecule has 0 aromatic carbocycles. The van der Waals surface area contributed by atoms with Crippen molar-refractivity contribution < 1.29 is 14.6 Å². The fraction of sp³-hybridized carbons (Fsp3) is 0.929. The maximum atomic E-state index is 12.4. The summed E-state index contributed by atoms with van der Waals surface area (Å²) in [7, 11) is 1.85. The van der Waals surface area contributed by atoms with Crippen LogP contribution in [0.3, 0.4) is 0 Å². The van der Waals surface area contributed by atoms with E-state index in [9.17, 15) is 9.90 Å². The highest BCUT2D eigenvalue weighted by Crippen LogP contribution is 2.32. The lowest BCUT2D eigenvalue weighted by Gasteiger charge is -2.39. The summed E-state index contributed by atoms with van der Waals surface area (Å²) in [4.78, 5) is 12.4. The Hall–Kier alpha value is -0.650. The van der Waals surface area contributed by atoms with Crippen molar-refractivity contribution in [1.82, 2.24) is 10.6 Å². The number of nitrogens with one attached hydrogen (secondary N) is 2. The second kappa shape index (κ2) is 6.20. The van der Waals surface area contributed by atoms with E-state index in [0.29, 0.717) is 19.1 Å². The molecule has 0 aromatic rings. The number of ether oxygens (including phenoxy) is 1. The van der Waals surface area contributed by atoms with Crippen molar-refractivity contribution in [1.29, 1.82) is 0 Å². The van der Waals surface area contributed by atoms with E-state index in [4.69, 9.17) is 4.74 Å². The summed E-state index contributed by atoms with van der Waals surface area (Å²) in [5.41, 5.74) is -0.412. The lowest BCUT2D eigenvalue weighted by molar-refractivity contribution is -0.128. The number of hydrogen-bond acceptors (Lipinski definition) is 4. The largest absolute Gasteiger partial charge is 0.394 e. The summed E-state index contributed by atoms with van der Waals surface area (Å²) < 4.78 is 5.37. The van der Waals surface area contributed by atoms with Gasteiger partial charge in [0.05, 0.1) is 31.3 Å². The molecule has 1 aliphatic heterocycles. The van der Waals surface area contributed by atoms with Gasteiger partial charge in [-0.05, 0) is 38.6 Å². The Balaban J connectivity index is 1.96. The van der Waals surface area contributed by atoms with Crippen molar-refractivity contribution in [2.75, 3.05) is 26.9 Å². The van der Waals surface area contributed by atoms with Gasteiger partial charge in [-0.25, -0.2) is 0 Å². The minimum Gasteiger partial charge on any atom is -0.394 e. The molecule has 1 aliphatic carbocycles. The Morgan fingerprint density at radius 3 is 2.63 bits per heavy atom. The summed E-state index contributed by atoms with van der Waals surface area (Å²) >= 11 is 0. The maximum Gasteiger partial charge on any atom is 0.227 e. The van der Waals surface area contributed by atoms with Gasteiger partial charge in [-0.15, -0.1) is 0 Å². The zero-order valence-electron chi connectivity index (χ0n) is 11.9. The monoisotopic (exact) mass is 270 g/mol. The van der Waals surface area contributed by atoms with Gasteiger partial charge < -0.3 is 20.5 Å². The fourth-order valence-corrected chi connectivity index (χ4v) is 3.09. The Morgan fingerprint density at radius 2 is 2.05 bits per heavy atom. The van der Waals surface area contributed by atoms with E-state index in [2.05, 4.69) is 17.6 Å². The lowest BCUT2D eigenvalue weighted by Crippen LogP contribution is -2.56. The molecule has 2 atom stereocenters. The molecule has 2 unspecified atom stereocenters. The van der Waals surface area contributed by atoms with Crippen LogP contribution < -0.4 is 10.6 Å². The molecule has 2 aliphatic rings. The number of carbonyl (C=O) groups excluding carboxylic acids is 1. The molecule has 1 saturated carbocycles. The van der Waals surface area contributed by atoms with E-state index in [1.807, 2.05) is 7.05 Å². The number of hydrogen-bond donors (Lipinski definition) is 3. The van der Waals surface area contributed by atoms with E-state index < -0.39 is 5.54 Å². The van der Waals surface area contributed by atoms with Crippen LogP contribution in [-0.2, 0) is 9.53 Å². The van der Waals surface area contributed by atoms with Crippen LogP contribution in [0.15, 0.2) is 0 Å². The number of amides is 1. The van der Waals surface area contributed by atoms with Gasteiger partial charge in [0, 0.05) is 6.04 Å². The highest BCUT2D eigenvalue weighted by Gasteiger charge is 2.39. The SMILES string of the molecule is CNC1COCC1C(=O)NC1(CO)CCC(C)CC1. The summed E-state index contributed by atoms with van der Waals surface area (Å²) in [5, 5.41) is 15.9. The Labute approximate surface area is 115 Å². The van der Waals surface area contributed by atoms with Crippen LogP contribution in [0.1, 0.15) is 32.6 Å². The maximum absolute atomic E-state index is 12.4. The van der Waals surface area contributed by atoms with E-state index in [1.165, 1.54) is 0 Å². The zero-order valence-corrected chi connectivity index (χ0v) is 11.9. The van der Waals surface area contributed by atoms with Gasteiger partial charge >= 0.3 is 0 Å². The van der Waals surface area contributed by atoms with Crippen molar-refractivity contribution in [2.24, 2.45) is 11.8 Å². The number of carbonyl (C=O) groups is 1. The summed E-state index contributed by atoms with van der Waals surface area (Å²) in [5.74, 6) is 0.560. The predicted molar refractivity (Wildman–Crippen MR) is 72.7 cm³/mol. The molecule has 3 N–H and O–H groups in total. The molecule has 1 heterocycles. The van der Waals surface area contributed by atoms with Crippen LogP contribution in [-0.4, -0.2) is 49.5 Å². The third-order valence-corrected chi connectivity index (χ3v) is 4.71. The number of rotatable bonds is 4. The van der Waals surface area contributed by atoms with Gasteiger partial charge in [0.15, 0.2) is 0 Å². The van der Waals surface area contributed by atoms with Gasteiger partial charge in [-0.2, -0.15) is 0 Å². The predicted octanol–water partition coefficient (Wildman–Crippen LogP) is 0.278. The second-order valence-corrected chi connectivity index (χ2v) is 6.15. The normalized spacial score (nSPS) is 39.2. The van der Waals surface area contributed by atoms with E-state index in [0.717, 1.165) is 25.7 Å². The number of aliphatic hydroxyl groups excluding tert-OH is 1. The van der Waals surface area contributed by atoms with Crippen molar-refractivity contribution in [3.8, 4) is 0 Å². The molecule has 5 nitrogen and oxygen atoms in total. The molecule has 0 aromatic heterocycles. The molecule has 5 heteroatoms. The van der Waals surface area contributed by atoms with Crippen LogP contribution in [0.5, 0.6) is 0 Å². The molecule has 0 radical (unpaired) electrons. The minimum absolute atomic E-state index is 0.0143. The standard InChI is InChI=1S/C14H26N2O3/c1-10-3-5-14(9-17,6-4-10)16-13(18)11-7-19-8-12(11)15-2/h10-12,15,17H,3-9H2,1-2H3,(H,16,18). The van der Waals surface area contributed by atoms with Crippen LogP contribution in [0.25, 0.3) is 0 Å².